The summed E-state index contributed by atoms with van der Waals surface area (Å²) in [5.74, 6) is -0.170. The van der Waals surface area contributed by atoms with Gasteiger partial charge in [-0.1, -0.05) is 17.7 Å². The minimum atomic E-state index is -0.504. The van der Waals surface area contributed by atoms with Gasteiger partial charge in [0.15, 0.2) is 0 Å². The summed E-state index contributed by atoms with van der Waals surface area (Å²) in [6.45, 7) is 1.83. The van der Waals surface area contributed by atoms with Crippen LogP contribution in [0.3, 0.4) is 0 Å². The number of carbonyl (C=O) groups excluding carboxylic acids is 3. The number of rotatable bonds is 7. The van der Waals surface area contributed by atoms with Crippen molar-refractivity contribution in [3.05, 3.63) is 59.7 Å². The Morgan fingerprint density at radius 2 is 1.59 bits per heavy atom. The van der Waals surface area contributed by atoms with Gasteiger partial charge in [0.2, 0.25) is 0 Å². The van der Waals surface area contributed by atoms with Crippen molar-refractivity contribution in [1.29, 1.82) is 0 Å². The van der Waals surface area contributed by atoms with Crippen molar-refractivity contribution in [2.75, 3.05) is 19.0 Å². The second kappa shape index (κ2) is 11.2. The Balaban J connectivity index is 1.39. The molecule has 2 aromatic carbocycles. The zero-order valence-electron chi connectivity index (χ0n) is 18.4. The molecule has 0 radical (unpaired) electrons. The summed E-state index contributed by atoms with van der Waals surface area (Å²) in [5, 5.41) is 8.38. The first-order valence-corrected chi connectivity index (χ1v) is 10.7. The van der Waals surface area contributed by atoms with E-state index in [0.29, 0.717) is 11.3 Å². The van der Waals surface area contributed by atoms with Crippen molar-refractivity contribution < 1.29 is 23.9 Å². The average Bonchev–Trinajstić information content (AvgIpc) is 2.80. The maximum Gasteiger partial charge on any atom is 0.325 e. The quantitative estimate of drug-likeness (QED) is 0.574. The molecule has 1 aliphatic carbocycles. The van der Waals surface area contributed by atoms with Crippen molar-refractivity contribution >= 4 is 23.6 Å². The lowest BCUT2D eigenvalue weighted by Gasteiger charge is -2.29. The molecule has 0 saturated heterocycles. The van der Waals surface area contributed by atoms with Crippen molar-refractivity contribution in [2.24, 2.45) is 0 Å². The Morgan fingerprint density at radius 3 is 2.22 bits per heavy atom. The maximum atomic E-state index is 12.2. The molecule has 1 fully saturated rings. The van der Waals surface area contributed by atoms with Crippen LogP contribution in [-0.2, 0) is 9.53 Å². The van der Waals surface area contributed by atoms with Crippen LogP contribution in [0.4, 0.5) is 10.5 Å². The molecule has 0 aliphatic heterocycles. The Labute approximate surface area is 187 Å². The summed E-state index contributed by atoms with van der Waals surface area (Å²) in [5.41, 5.74) is 2.35. The molecule has 8 nitrogen and oxygen atoms in total. The number of carbonyl (C=O) groups is 3. The van der Waals surface area contributed by atoms with E-state index in [9.17, 15) is 14.4 Å². The molecule has 3 amide bonds. The highest BCUT2D eigenvalue weighted by atomic mass is 16.5. The van der Waals surface area contributed by atoms with E-state index in [-0.39, 0.29) is 30.6 Å². The second-order valence-electron chi connectivity index (χ2n) is 7.84. The van der Waals surface area contributed by atoms with Gasteiger partial charge in [-0.2, -0.15) is 0 Å². The molecular weight excluding hydrogens is 410 g/mol. The fraction of sp³-hybridized carbons (Fsp3) is 0.375. The van der Waals surface area contributed by atoms with Crippen molar-refractivity contribution in [2.45, 2.75) is 44.8 Å². The maximum absolute atomic E-state index is 12.2. The van der Waals surface area contributed by atoms with E-state index in [2.05, 4.69) is 20.7 Å². The molecule has 1 aliphatic rings. The highest BCUT2D eigenvalue weighted by molar-refractivity contribution is 5.96. The van der Waals surface area contributed by atoms with Crippen LogP contribution in [-0.4, -0.2) is 43.7 Å². The normalized spacial score (nSPS) is 17.7. The number of hydrogen-bond acceptors (Lipinski definition) is 5. The fourth-order valence-corrected chi connectivity index (χ4v) is 3.52. The van der Waals surface area contributed by atoms with Gasteiger partial charge < -0.3 is 25.4 Å². The SMILES string of the molecule is COC(=O)CNC(=O)c1ccc(O[C@H]2CC[C@H](NC(=O)Nc3ccc(C)cc3)CC2)cc1. The number of amides is 3. The topological polar surface area (TPSA) is 106 Å². The van der Waals surface area contributed by atoms with E-state index in [4.69, 9.17) is 4.74 Å². The lowest BCUT2D eigenvalue weighted by molar-refractivity contribution is -0.139. The first kappa shape index (κ1) is 23.1. The third-order valence-corrected chi connectivity index (χ3v) is 5.36. The van der Waals surface area contributed by atoms with Crippen LogP contribution in [0.1, 0.15) is 41.6 Å². The molecule has 32 heavy (non-hydrogen) atoms. The summed E-state index contributed by atoms with van der Waals surface area (Å²) >= 11 is 0. The van der Waals surface area contributed by atoms with Gasteiger partial charge in [-0.25, -0.2) is 4.79 Å². The van der Waals surface area contributed by atoms with Crippen molar-refractivity contribution in [3.8, 4) is 5.75 Å². The molecular formula is C24H29N3O5. The molecule has 0 aromatic heterocycles. The van der Waals surface area contributed by atoms with Gasteiger partial charge in [0, 0.05) is 17.3 Å². The number of anilines is 1. The predicted octanol–water partition coefficient (Wildman–Crippen LogP) is 3.41. The van der Waals surface area contributed by atoms with E-state index < -0.39 is 5.97 Å². The molecule has 0 unspecified atom stereocenters. The van der Waals surface area contributed by atoms with Crippen LogP contribution in [0.25, 0.3) is 0 Å². The van der Waals surface area contributed by atoms with E-state index in [1.807, 2.05) is 31.2 Å². The highest BCUT2D eigenvalue weighted by Crippen LogP contribution is 2.24. The number of hydrogen-bond donors (Lipinski definition) is 3. The molecule has 0 heterocycles. The van der Waals surface area contributed by atoms with Gasteiger partial charge in [0.25, 0.3) is 5.91 Å². The Kier molecular flexibility index (Phi) is 8.08. The first-order valence-electron chi connectivity index (χ1n) is 10.7. The van der Waals surface area contributed by atoms with Gasteiger partial charge in [-0.05, 0) is 69.0 Å². The molecule has 3 N–H and O–H groups in total. The summed E-state index contributed by atoms with van der Waals surface area (Å²) in [6, 6.07) is 14.4. The Hall–Kier alpha value is -3.55. The summed E-state index contributed by atoms with van der Waals surface area (Å²) in [6.07, 6.45) is 3.39. The molecule has 2 aromatic rings. The number of nitrogens with one attached hydrogen (secondary N) is 3. The summed E-state index contributed by atoms with van der Waals surface area (Å²) < 4.78 is 10.5. The molecule has 3 rings (SSSR count). The molecule has 8 heteroatoms. The van der Waals surface area contributed by atoms with E-state index in [0.717, 1.165) is 36.9 Å². The smallest absolute Gasteiger partial charge is 0.325 e. The van der Waals surface area contributed by atoms with E-state index in [1.54, 1.807) is 24.3 Å². The Morgan fingerprint density at radius 1 is 0.938 bits per heavy atom. The largest absolute Gasteiger partial charge is 0.490 e. The fourth-order valence-electron chi connectivity index (χ4n) is 3.52. The lowest BCUT2D eigenvalue weighted by atomic mass is 9.93. The van der Waals surface area contributed by atoms with Gasteiger partial charge in [-0.3, -0.25) is 9.59 Å². The van der Waals surface area contributed by atoms with Crippen LogP contribution in [0, 0.1) is 6.92 Å². The van der Waals surface area contributed by atoms with Crippen molar-refractivity contribution in [1.82, 2.24) is 10.6 Å². The number of aryl methyl sites for hydroxylation is 1. The molecule has 1 saturated carbocycles. The van der Waals surface area contributed by atoms with Gasteiger partial charge in [-0.15, -0.1) is 0 Å². The molecule has 170 valence electrons. The van der Waals surface area contributed by atoms with E-state index >= 15 is 0 Å². The van der Waals surface area contributed by atoms with Crippen LogP contribution < -0.4 is 20.7 Å². The van der Waals surface area contributed by atoms with Crippen LogP contribution in [0.5, 0.6) is 5.75 Å². The van der Waals surface area contributed by atoms with Crippen LogP contribution >= 0.6 is 0 Å². The van der Waals surface area contributed by atoms with Gasteiger partial charge >= 0.3 is 12.0 Å². The number of ether oxygens (including phenoxy) is 2. The third-order valence-electron chi connectivity index (χ3n) is 5.36. The first-order chi connectivity index (χ1) is 15.4. The van der Waals surface area contributed by atoms with Crippen LogP contribution in [0.2, 0.25) is 0 Å². The minimum Gasteiger partial charge on any atom is -0.490 e. The third kappa shape index (κ3) is 7.01. The number of urea groups is 1. The van der Waals surface area contributed by atoms with E-state index in [1.165, 1.54) is 7.11 Å². The predicted molar refractivity (Wildman–Crippen MR) is 121 cm³/mol. The molecule has 0 spiro atoms. The van der Waals surface area contributed by atoms with Crippen molar-refractivity contribution in [3.63, 3.8) is 0 Å². The zero-order valence-corrected chi connectivity index (χ0v) is 18.4. The Bertz CT molecular complexity index is 920. The molecule has 0 bridgehead atoms. The van der Waals surface area contributed by atoms with Gasteiger partial charge in [0.05, 0.1) is 13.2 Å². The standard InChI is InChI=1S/C24H29N3O5/c1-16-3-7-18(8-4-16)26-24(30)27-19-9-13-21(14-10-19)32-20-11-5-17(6-12-20)23(29)25-15-22(28)31-2/h3-8,11-12,19,21H,9-10,13-15H2,1-2H3,(H,25,29)(H2,26,27,30)/t19-,21-. The lowest BCUT2D eigenvalue weighted by Crippen LogP contribution is -2.41. The second-order valence-corrected chi connectivity index (χ2v) is 7.84. The van der Waals surface area contributed by atoms with Gasteiger partial charge in [0.1, 0.15) is 12.3 Å². The zero-order chi connectivity index (χ0) is 22.9. The molecule has 0 atom stereocenters. The summed E-state index contributed by atoms with van der Waals surface area (Å²) in [4.78, 5) is 35.4. The number of methoxy groups -OCH3 is 1. The number of benzene rings is 2. The summed E-state index contributed by atoms with van der Waals surface area (Å²) in [7, 11) is 1.27. The average molecular weight is 440 g/mol. The minimum absolute atomic E-state index is 0.0622. The number of esters is 1. The highest BCUT2D eigenvalue weighted by Gasteiger charge is 2.23. The monoisotopic (exact) mass is 439 g/mol. The van der Waals surface area contributed by atoms with Crippen LogP contribution in [0.15, 0.2) is 48.5 Å².